The molecule has 0 aliphatic carbocycles. The summed E-state index contributed by atoms with van der Waals surface area (Å²) in [6, 6.07) is 14.5. The molecule has 2 aromatic heterocycles. The first-order valence-corrected chi connectivity index (χ1v) is 10.0. The molecule has 7 nitrogen and oxygen atoms in total. The van der Waals surface area contributed by atoms with Crippen LogP contribution in [-0.4, -0.2) is 29.9 Å². The van der Waals surface area contributed by atoms with Crippen LogP contribution in [0, 0.1) is 6.92 Å². The van der Waals surface area contributed by atoms with Crippen LogP contribution >= 0.6 is 0 Å². The van der Waals surface area contributed by atoms with Crippen LogP contribution in [0.4, 0.5) is 0 Å². The van der Waals surface area contributed by atoms with Crippen LogP contribution in [0.5, 0.6) is 5.75 Å². The van der Waals surface area contributed by atoms with Gasteiger partial charge in [-0.1, -0.05) is 6.07 Å². The van der Waals surface area contributed by atoms with Gasteiger partial charge in [0, 0.05) is 23.5 Å². The molecule has 2 aromatic carbocycles. The predicted octanol–water partition coefficient (Wildman–Crippen LogP) is 3.03. The number of aryl methyl sites for hydroxylation is 1. The number of rotatable bonds is 4. The van der Waals surface area contributed by atoms with Crippen LogP contribution in [0.1, 0.15) is 5.56 Å². The van der Waals surface area contributed by atoms with E-state index in [9.17, 15) is 8.42 Å². The SMILES string of the molecule is COc1ccc(-c2nc3ncccn3c2-c2ccc(S(N)(=O)=O)c(C)c2)cc1. The van der Waals surface area contributed by atoms with Crippen LogP contribution in [0.25, 0.3) is 28.3 Å². The molecule has 4 rings (SSSR count). The van der Waals surface area contributed by atoms with Crippen molar-refractivity contribution in [2.45, 2.75) is 11.8 Å². The standard InChI is InChI=1S/C20H18N4O3S/c1-13-12-15(6-9-17(13)28(21,25)26)19-18(14-4-7-16(27-2)8-5-14)23-20-22-10-3-11-24(19)20/h3-12H,1-2H3,(H2,21,25,26). The summed E-state index contributed by atoms with van der Waals surface area (Å²) in [6.45, 7) is 1.72. The molecule has 0 unspecified atom stereocenters. The first-order chi connectivity index (χ1) is 13.4. The van der Waals surface area contributed by atoms with E-state index in [1.165, 1.54) is 6.07 Å². The van der Waals surface area contributed by atoms with Gasteiger partial charge < -0.3 is 4.74 Å². The quantitative estimate of drug-likeness (QED) is 0.573. The van der Waals surface area contributed by atoms with Gasteiger partial charge in [0.15, 0.2) is 0 Å². The Balaban J connectivity index is 1.96. The summed E-state index contributed by atoms with van der Waals surface area (Å²) >= 11 is 0. The number of nitrogens with two attached hydrogens (primary N) is 1. The van der Waals surface area contributed by atoms with Gasteiger partial charge in [-0.25, -0.2) is 23.5 Å². The number of hydrogen-bond acceptors (Lipinski definition) is 5. The van der Waals surface area contributed by atoms with E-state index < -0.39 is 10.0 Å². The Hall–Kier alpha value is -3.23. The highest BCUT2D eigenvalue weighted by Crippen LogP contribution is 2.34. The zero-order chi connectivity index (χ0) is 19.9. The van der Waals surface area contributed by atoms with E-state index in [-0.39, 0.29) is 4.90 Å². The van der Waals surface area contributed by atoms with Gasteiger partial charge in [0.05, 0.1) is 23.4 Å². The highest BCUT2D eigenvalue weighted by molar-refractivity contribution is 7.89. The number of nitrogens with zero attached hydrogens (tertiary/aromatic N) is 3. The fourth-order valence-electron chi connectivity index (χ4n) is 3.23. The molecule has 0 radical (unpaired) electrons. The molecule has 0 atom stereocenters. The number of primary sulfonamides is 1. The minimum Gasteiger partial charge on any atom is -0.497 e. The van der Waals surface area contributed by atoms with Crippen LogP contribution in [0.2, 0.25) is 0 Å². The second-order valence-electron chi connectivity index (χ2n) is 6.35. The normalized spacial score (nSPS) is 11.7. The largest absolute Gasteiger partial charge is 0.497 e. The molecule has 8 heteroatoms. The fourth-order valence-corrected chi connectivity index (χ4v) is 3.99. The van der Waals surface area contributed by atoms with Crippen molar-refractivity contribution in [1.29, 1.82) is 0 Å². The van der Waals surface area contributed by atoms with Crippen LogP contribution in [0.15, 0.2) is 65.8 Å². The van der Waals surface area contributed by atoms with E-state index >= 15 is 0 Å². The van der Waals surface area contributed by atoms with Gasteiger partial charge in [0.1, 0.15) is 5.75 Å². The maximum absolute atomic E-state index is 11.8. The number of hydrogen-bond donors (Lipinski definition) is 1. The summed E-state index contributed by atoms with van der Waals surface area (Å²) in [4.78, 5) is 9.13. The highest BCUT2D eigenvalue weighted by atomic mass is 32.2. The zero-order valence-electron chi connectivity index (χ0n) is 15.3. The van der Waals surface area contributed by atoms with E-state index in [0.29, 0.717) is 11.3 Å². The molecule has 0 amide bonds. The Bertz CT molecular complexity index is 1280. The lowest BCUT2D eigenvalue weighted by molar-refractivity contribution is 0.415. The van der Waals surface area contributed by atoms with Crippen molar-refractivity contribution in [1.82, 2.24) is 14.4 Å². The summed E-state index contributed by atoms with van der Waals surface area (Å²) in [5, 5.41) is 5.30. The molecule has 0 saturated carbocycles. The van der Waals surface area contributed by atoms with Crippen LogP contribution in [0.3, 0.4) is 0 Å². The molecular weight excluding hydrogens is 376 g/mol. The lowest BCUT2D eigenvalue weighted by Crippen LogP contribution is -2.13. The lowest BCUT2D eigenvalue weighted by Gasteiger charge is -2.09. The second-order valence-corrected chi connectivity index (χ2v) is 7.88. The van der Waals surface area contributed by atoms with Gasteiger partial charge in [-0.05, 0) is 55.0 Å². The van der Waals surface area contributed by atoms with Gasteiger partial charge in [-0.3, -0.25) is 4.40 Å². The van der Waals surface area contributed by atoms with Crippen molar-refractivity contribution in [3.05, 3.63) is 66.5 Å². The second kappa shape index (κ2) is 6.74. The minimum atomic E-state index is -3.78. The maximum atomic E-state index is 11.8. The summed E-state index contributed by atoms with van der Waals surface area (Å²) in [6.07, 6.45) is 3.56. The van der Waals surface area contributed by atoms with Crippen molar-refractivity contribution in [3.8, 4) is 28.3 Å². The summed E-state index contributed by atoms with van der Waals surface area (Å²) in [5.41, 5.74) is 3.84. The number of fused-ring (bicyclic) bond motifs is 1. The van der Waals surface area contributed by atoms with E-state index in [1.54, 1.807) is 32.4 Å². The molecule has 4 aromatic rings. The predicted molar refractivity (Wildman–Crippen MR) is 107 cm³/mol. The molecule has 0 saturated heterocycles. The van der Waals surface area contributed by atoms with Crippen molar-refractivity contribution in [2.24, 2.45) is 5.14 Å². The van der Waals surface area contributed by atoms with E-state index in [2.05, 4.69) is 9.97 Å². The molecule has 0 aliphatic heterocycles. The molecule has 0 spiro atoms. The molecule has 2 N–H and O–H groups in total. The zero-order valence-corrected chi connectivity index (χ0v) is 16.1. The topological polar surface area (TPSA) is 99.6 Å². The first kappa shape index (κ1) is 18.1. The Morgan fingerprint density at radius 3 is 2.43 bits per heavy atom. The minimum absolute atomic E-state index is 0.106. The average Bonchev–Trinajstić information content (AvgIpc) is 3.06. The number of ether oxygens (including phenoxy) is 1. The summed E-state index contributed by atoms with van der Waals surface area (Å²) < 4.78 is 30.6. The number of sulfonamides is 1. The van der Waals surface area contributed by atoms with Gasteiger partial charge in [0.25, 0.3) is 0 Å². The van der Waals surface area contributed by atoms with E-state index in [0.717, 1.165) is 28.3 Å². The maximum Gasteiger partial charge on any atom is 0.238 e. The Labute approximate surface area is 162 Å². The van der Waals surface area contributed by atoms with E-state index in [4.69, 9.17) is 9.88 Å². The molecule has 142 valence electrons. The lowest BCUT2D eigenvalue weighted by atomic mass is 10.0. The highest BCUT2D eigenvalue weighted by Gasteiger charge is 2.19. The molecule has 0 bridgehead atoms. The third kappa shape index (κ3) is 3.12. The van der Waals surface area contributed by atoms with Gasteiger partial charge in [-0.15, -0.1) is 0 Å². The molecule has 0 fully saturated rings. The third-order valence-electron chi connectivity index (χ3n) is 4.52. The first-order valence-electron chi connectivity index (χ1n) is 8.50. The van der Waals surface area contributed by atoms with Crippen molar-refractivity contribution < 1.29 is 13.2 Å². The summed E-state index contributed by atoms with van der Waals surface area (Å²) in [7, 11) is -2.16. The van der Waals surface area contributed by atoms with Gasteiger partial charge in [-0.2, -0.15) is 0 Å². The third-order valence-corrected chi connectivity index (χ3v) is 5.59. The number of imidazole rings is 1. The Morgan fingerprint density at radius 2 is 1.79 bits per heavy atom. The molecule has 0 aliphatic rings. The van der Waals surface area contributed by atoms with Gasteiger partial charge in [0.2, 0.25) is 15.8 Å². The van der Waals surface area contributed by atoms with E-state index in [1.807, 2.05) is 40.9 Å². The Kier molecular flexibility index (Phi) is 4.37. The Morgan fingerprint density at radius 1 is 1.07 bits per heavy atom. The molecule has 28 heavy (non-hydrogen) atoms. The molecular formula is C20H18N4O3S. The number of benzene rings is 2. The summed E-state index contributed by atoms with van der Waals surface area (Å²) in [5.74, 6) is 1.30. The average molecular weight is 394 g/mol. The van der Waals surface area contributed by atoms with Gasteiger partial charge >= 0.3 is 0 Å². The molecule has 2 heterocycles. The smallest absolute Gasteiger partial charge is 0.238 e. The van der Waals surface area contributed by atoms with Crippen molar-refractivity contribution in [3.63, 3.8) is 0 Å². The monoisotopic (exact) mass is 394 g/mol. The van der Waals surface area contributed by atoms with Crippen molar-refractivity contribution in [2.75, 3.05) is 7.11 Å². The number of aromatic nitrogens is 3. The van der Waals surface area contributed by atoms with Crippen LogP contribution in [-0.2, 0) is 10.0 Å². The van der Waals surface area contributed by atoms with Crippen molar-refractivity contribution >= 4 is 15.8 Å². The fraction of sp³-hybridized carbons (Fsp3) is 0.100. The number of methoxy groups -OCH3 is 1. The van der Waals surface area contributed by atoms with Crippen LogP contribution < -0.4 is 9.88 Å².